The Morgan fingerprint density at radius 3 is 2.31 bits per heavy atom. The molecule has 0 amide bonds. The number of rotatable bonds is 5. The molecule has 0 saturated heterocycles. The van der Waals surface area contributed by atoms with Crippen molar-refractivity contribution in [2.45, 2.75) is 5.92 Å². The second kappa shape index (κ2) is 9.84. The zero-order chi connectivity index (χ0) is 21.0. The summed E-state index contributed by atoms with van der Waals surface area (Å²) >= 11 is 0. The molecule has 1 unspecified atom stereocenters. The number of pyridine rings is 1. The van der Waals surface area contributed by atoms with Crippen molar-refractivity contribution in [1.82, 2.24) is 9.97 Å². The zero-order valence-corrected chi connectivity index (χ0v) is 19.3. The van der Waals surface area contributed by atoms with Gasteiger partial charge < -0.3 is 10.1 Å². The topological polar surface area (TPSA) is 47.2 Å². The molecule has 5 aromatic rings. The Balaban J connectivity index is 0.00000245. The summed E-state index contributed by atoms with van der Waals surface area (Å²) in [5.74, 6) is 0.126. The molecule has 5 rings (SSSR count). The molecule has 4 heteroatoms. The molecule has 0 aliphatic carbocycles. The summed E-state index contributed by atoms with van der Waals surface area (Å²) in [6, 6.07) is 37.2. The Morgan fingerprint density at radius 1 is 0.750 bits per heavy atom. The van der Waals surface area contributed by atoms with Crippen molar-refractivity contribution in [3.05, 3.63) is 132 Å². The van der Waals surface area contributed by atoms with Crippen LogP contribution in [0.3, 0.4) is 0 Å². The predicted octanol–water partition coefficient (Wildman–Crippen LogP) is 6.06. The molecule has 1 N–H and O–H groups in total. The molecule has 32 heavy (non-hydrogen) atoms. The Bertz CT molecular complexity index is 1300. The molecular weight excluding hydrogens is 577 g/mol. The number of aromatic hydroxyl groups is 1. The predicted molar refractivity (Wildman–Crippen MR) is 123 cm³/mol. The molecular formula is C28H20AuN2O-2. The van der Waals surface area contributed by atoms with Gasteiger partial charge in [0.1, 0.15) is 5.75 Å². The number of nitrogens with zero attached hydrogens (tertiary/aromatic N) is 2. The van der Waals surface area contributed by atoms with E-state index in [-0.39, 0.29) is 34.0 Å². The standard InChI is InChI=1S/C28H20N2O.Au/c31-27-17-5-4-13-23(27)25-14-7-15-26(30-25)28(20-9-2-1-3-10-20)22-12-6-11-21(19-22)24-16-8-18-29-24;/h1-18,28H,(H,30,31);/q-2;. The Hall–Kier alpha value is -3.37. The average molecular weight is 597 g/mol. The molecule has 1 radical (unpaired) electrons. The van der Waals surface area contributed by atoms with Crippen molar-refractivity contribution in [2.24, 2.45) is 0 Å². The maximum Gasteiger partial charge on any atom is 0.124 e. The van der Waals surface area contributed by atoms with Gasteiger partial charge in [-0.3, -0.25) is 4.98 Å². The molecule has 3 aromatic carbocycles. The maximum atomic E-state index is 10.3. The van der Waals surface area contributed by atoms with Gasteiger partial charge in [0.25, 0.3) is 0 Å². The van der Waals surface area contributed by atoms with Crippen LogP contribution >= 0.6 is 0 Å². The van der Waals surface area contributed by atoms with E-state index in [9.17, 15) is 5.11 Å². The normalized spacial score (nSPS) is 11.5. The number of benzene rings is 3. The number of hydrogen-bond acceptors (Lipinski definition) is 2. The monoisotopic (exact) mass is 597 g/mol. The third-order valence-electron chi connectivity index (χ3n) is 5.34. The van der Waals surface area contributed by atoms with Crippen LogP contribution in [-0.4, -0.2) is 10.1 Å². The van der Waals surface area contributed by atoms with Gasteiger partial charge >= 0.3 is 0 Å². The maximum absolute atomic E-state index is 10.3. The molecule has 2 heterocycles. The van der Waals surface area contributed by atoms with Gasteiger partial charge in [-0.05, 0) is 29.8 Å². The van der Waals surface area contributed by atoms with Gasteiger partial charge in [0.05, 0.1) is 11.4 Å². The van der Waals surface area contributed by atoms with Gasteiger partial charge in [-0.1, -0.05) is 54.6 Å². The molecule has 161 valence electrons. The third-order valence-corrected chi connectivity index (χ3v) is 5.34. The number of phenols is 1. The van der Waals surface area contributed by atoms with E-state index in [0.29, 0.717) is 0 Å². The molecule has 0 saturated carbocycles. The van der Waals surface area contributed by atoms with Gasteiger partial charge in [0.15, 0.2) is 0 Å². The summed E-state index contributed by atoms with van der Waals surface area (Å²) in [6.45, 7) is 0. The second-order valence-electron chi connectivity index (χ2n) is 7.35. The third kappa shape index (κ3) is 4.46. The van der Waals surface area contributed by atoms with Crippen LogP contribution in [0, 0.1) is 6.07 Å². The van der Waals surface area contributed by atoms with Crippen molar-refractivity contribution in [3.63, 3.8) is 0 Å². The molecule has 0 spiro atoms. The number of phenolic OH excluding ortho intramolecular Hbond substituents is 1. The first-order chi connectivity index (χ1) is 15.3. The Labute approximate surface area is 203 Å². The average Bonchev–Trinajstić information content (AvgIpc) is 3.36. The number of aromatic nitrogens is 2. The molecule has 0 aliphatic rings. The van der Waals surface area contributed by atoms with E-state index < -0.39 is 0 Å². The van der Waals surface area contributed by atoms with Gasteiger partial charge in [0, 0.05) is 33.9 Å². The van der Waals surface area contributed by atoms with Crippen molar-refractivity contribution in [3.8, 4) is 28.3 Å². The smallest absolute Gasteiger partial charge is 0.124 e. The van der Waals surface area contributed by atoms with Crippen molar-refractivity contribution in [1.29, 1.82) is 0 Å². The molecule has 0 fully saturated rings. The minimum absolute atomic E-state index is 0. The van der Waals surface area contributed by atoms with Crippen LogP contribution in [0.4, 0.5) is 0 Å². The summed E-state index contributed by atoms with van der Waals surface area (Å²) in [4.78, 5) is 9.37. The summed E-state index contributed by atoms with van der Waals surface area (Å²) in [6.07, 6.45) is 1.79. The van der Waals surface area contributed by atoms with Crippen LogP contribution in [0.2, 0.25) is 0 Å². The number of para-hydroxylation sites is 1. The SMILES string of the molecule is Oc1ccccc1-c1cccc(C(c2[c-]c(-c3ccc[n-]3)ccc2)c2ccccc2)n1.[Au]. The van der Waals surface area contributed by atoms with E-state index in [1.807, 2.05) is 78.9 Å². The first kappa shape index (κ1) is 21.8. The van der Waals surface area contributed by atoms with Crippen LogP contribution in [0.1, 0.15) is 22.7 Å². The van der Waals surface area contributed by atoms with E-state index in [4.69, 9.17) is 4.98 Å². The summed E-state index contributed by atoms with van der Waals surface area (Å²) in [5.41, 5.74) is 6.38. The van der Waals surface area contributed by atoms with Gasteiger partial charge in [-0.2, -0.15) is 11.8 Å². The molecule has 3 nitrogen and oxygen atoms in total. The van der Waals surface area contributed by atoms with E-state index in [0.717, 1.165) is 39.3 Å². The van der Waals surface area contributed by atoms with E-state index >= 15 is 0 Å². The fourth-order valence-corrected chi connectivity index (χ4v) is 3.87. The zero-order valence-electron chi connectivity index (χ0n) is 17.1. The fraction of sp³-hybridized carbons (Fsp3) is 0.0357. The largest absolute Gasteiger partial charge is 0.708 e. The fourth-order valence-electron chi connectivity index (χ4n) is 3.87. The Morgan fingerprint density at radius 2 is 1.53 bits per heavy atom. The van der Waals surface area contributed by atoms with E-state index in [1.54, 1.807) is 12.3 Å². The Kier molecular flexibility index (Phi) is 6.72. The van der Waals surface area contributed by atoms with Crippen molar-refractivity contribution >= 4 is 0 Å². The van der Waals surface area contributed by atoms with Crippen LogP contribution < -0.4 is 4.98 Å². The van der Waals surface area contributed by atoms with E-state index in [2.05, 4.69) is 29.2 Å². The van der Waals surface area contributed by atoms with Crippen LogP contribution in [0.25, 0.3) is 22.5 Å². The molecule has 1 atom stereocenters. The quantitative estimate of drug-likeness (QED) is 0.198. The first-order valence-electron chi connectivity index (χ1n) is 10.2. The molecule has 2 aromatic heterocycles. The van der Waals surface area contributed by atoms with E-state index in [1.165, 1.54) is 0 Å². The summed E-state index contributed by atoms with van der Waals surface area (Å²) in [7, 11) is 0. The van der Waals surface area contributed by atoms with Crippen LogP contribution in [-0.2, 0) is 22.4 Å². The van der Waals surface area contributed by atoms with Gasteiger partial charge in [0.2, 0.25) is 0 Å². The second-order valence-corrected chi connectivity index (χ2v) is 7.35. The number of hydrogen-bond donors (Lipinski definition) is 1. The first-order valence-corrected chi connectivity index (χ1v) is 10.2. The minimum atomic E-state index is -0.0954. The summed E-state index contributed by atoms with van der Waals surface area (Å²) in [5, 5.41) is 10.3. The summed E-state index contributed by atoms with van der Waals surface area (Å²) < 4.78 is 0. The van der Waals surface area contributed by atoms with Crippen molar-refractivity contribution in [2.75, 3.05) is 0 Å². The van der Waals surface area contributed by atoms with Gasteiger partial charge in [-0.15, -0.1) is 35.9 Å². The van der Waals surface area contributed by atoms with Crippen LogP contribution in [0.5, 0.6) is 5.75 Å². The molecule has 0 aliphatic heterocycles. The van der Waals surface area contributed by atoms with Crippen LogP contribution in [0.15, 0.2) is 109 Å². The van der Waals surface area contributed by atoms with Gasteiger partial charge in [-0.25, -0.2) is 5.69 Å². The van der Waals surface area contributed by atoms with Crippen molar-refractivity contribution < 1.29 is 27.5 Å². The minimum Gasteiger partial charge on any atom is -0.708 e. The molecule has 0 bridgehead atoms.